The smallest absolute Gasteiger partial charge is 0.325 e. The van der Waals surface area contributed by atoms with Crippen molar-refractivity contribution in [3.05, 3.63) is 11.4 Å². The Labute approximate surface area is 109 Å². The first-order valence-corrected chi connectivity index (χ1v) is 5.33. The number of terminal acetylenes is 1. The molecule has 2 N–H and O–H groups in total. The number of carbonyl (C=O) groups excluding carboxylic acids is 1. The third-order valence-corrected chi connectivity index (χ3v) is 2.21. The molecule has 0 radical (unpaired) electrons. The van der Waals surface area contributed by atoms with E-state index in [0.717, 1.165) is 4.90 Å². The molecule has 0 saturated carbocycles. The van der Waals surface area contributed by atoms with Gasteiger partial charge in [-0.3, -0.25) is 10.1 Å². The number of hydrogen-bond acceptors (Lipinski definition) is 5. The number of carboxylic acid groups (broad SMARTS) is 1. The van der Waals surface area contributed by atoms with Crippen molar-refractivity contribution in [1.29, 1.82) is 0 Å². The maximum Gasteiger partial charge on any atom is 0.325 e. The van der Waals surface area contributed by atoms with Gasteiger partial charge in [0.1, 0.15) is 6.54 Å². The van der Waals surface area contributed by atoms with Gasteiger partial charge in [0.2, 0.25) is 0 Å². The third kappa shape index (κ3) is 4.23. The van der Waals surface area contributed by atoms with E-state index in [2.05, 4.69) is 26.4 Å². The van der Waals surface area contributed by atoms with Gasteiger partial charge in [-0.05, 0) is 13.8 Å². The van der Waals surface area contributed by atoms with Crippen molar-refractivity contribution in [3.8, 4) is 12.3 Å². The predicted octanol–water partition coefficient (Wildman–Crippen LogP) is 0.0401. The number of rotatable bonds is 4. The summed E-state index contributed by atoms with van der Waals surface area (Å²) in [6.45, 7) is 2.82. The van der Waals surface area contributed by atoms with Crippen molar-refractivity contribution in [3.63, 3.8) is 0 Å². The van der Waals surface area contributed by atoms with Crippen LogP contribution in [0.2, 0.25) is 0 Å². The molecule has 8 nitrogen and oxygen atoms in total. The number of carbonyl (C=O) groups is 2. The molecule has 1 aromatic heterocycles. The molecule has 8 heteroatoms. The zero-order chi connectivity index (χ0) is 14.4. The minimum Gasteiger partial charge on any atom is -0.480 e. The van der Waals surface area contributed by atoms with Gasteiger partial charge in [-0.15, -0.1) is 11.5 Å². The first kappa shape index (κ1) is 14.4. The summed E-state index contributed by atoms with van der Waals surface area (Å²) in [4.78, 5) is 27.3. The van der Waals surface area contributed by atoms with Gasteiger partial charge in [-0.1, -0.05) is 5.92 Å². The first-order valence-electron chi connectivity index (χ1n) is 5.33. The van der Waals surface area contributed by atoms with E-state index in [1.165, 1.54) is 0 Å². The Balaban J connectivity index is 2.78. The number of nitrogens with one attached hydrogen (secondary N) is 1. The Hall–Kier alpha value is -2.69. The number of aromatic nitrogens is 3. The lowest BCUT2D eigenvalue weighted by Gasteiger charge is -2.17. The summed E-state index contributed by atoms with van der Waals surface area (Å²) in [7, 11) is 0. The molecule has 1 rings (SSSR count). The van der Waals surface area contributed by atoms with E-state index in [-0.39, 0.29) is 12.5 Å². The number of urea groups is 1. The van der Waals surface area contributed by atoms with Gasteiger partial charge >= 0.3 is 12.0 Å². The van der Waals surface area contributed by atoms with Gasteiger partial charge in [0.25, 0.3) is 5.95 Å². The monoisotopic (exact) mass is 263 g/mol. The molecule has 2 amide bonds. The summed E-state index contributed by atoms with van der Waals surface area (Å²) >= 11 is 0. The Morgan fingerprint density at radius 3 is 2.58 bits per heavy atom. The van der Waals surface area contributed by atoms with Crippen LogP contribution < -0.4 is 5.32 Å². The summed E-state index contributed by atoms with van der Waals surface area (Å²) in [5.41, 5.74) is 1.26. The van der Waals surface area contributed by atoms with Gasteiger partial charge in [0.15, 0.2) is 0 Å². The number of nitrogens with zero attached hydrogens (tertiary/aromatic N) is 4. The molecule has 0 aromatic carbocycles. The second-order valence-electron chi connectivity index (χ2n) is 3.69. The fourth-order valence-corrected chi connectivity index (χ4v) is 1.16. The van der Waals surface area contributed by atoms with Crippen molar-refractivity contribution in [2.75, 3.05) is 18.4 Å². The molecule has 0 saturated heterocycles. The Bertz CT molecular complexity index is 538. The van der Waals surface area contributed by atoms with Crippen LogP contribution in [0, 0.1) is 26.2 Å². The lowest BCUT2D eigenvalue weighted by atomic mass is 10.4. The minimum absolute atomic E-state index is 0.000472. The largest absolute Gasteiger partial charge is 0.480 e. The highest BCUT2D eigenvalue weighted by molar-refractivity contribution is 5.89. The van der Waals surface area contributed by atoms with Gasteiger partial charge in [-0.25, -0.2) is 9.78 Å². The molecule has 0 unspecified atom stereocenters. The van der Waals surface area contributed by atoms with Crippen molar-refractivity contribution in [2.45, 2.75) is 13.8 Å². The molecule has 0 atom stereocenters. The molecule has 1 heterocycles. The molecule has 1 aromatic rings. The molecule has 0 aliphatic carbocycles. The molecule has 100 valence electrons. The molecule has 19 heavy (non-hydrogen) atoms. The van der Waals surface area contributed by atoms with Gasteiger partial charge in [0, 0.05) is 0 Å². The van der Waals surface area contributed by atoms with Crippen LogP contribution in [0.15, 0.2) is 0 Å². The second kappa shape index (κ2) is 6.30. The molecule has 0 spiro atoms. The summed E-state index contributed by atoms with van der Waals surface area (Å²) in [6.07, 6.45) is 5.07. The molecule has 0 fully saturated rings. The van der Waals surface area contributed by atoms with E-state index >= 15 is 0 Å². The van der Waals surface area contributed by atoms with Crippen LogP contribution >= 0.6 is 0 Å². The number of hydrogen-bond donors (Lipinski definition) is 2. The maximum absolute atomic E-state index is 11.8. The average molecular weight is 263 g/mol. The molecule has 0 aliphatic heterocycles. The van der Waals surface area contributed by atoms with Crippen molar-refractivity contribution >= 4 is 17.9 Å². The predicted molar refractivity (Wildman–Crippen MR) is 66.4 cm³/mol. The lowest BCUT2D eigenvalue weighted by molar-refractivity contribution is -0.137. The zero-order valence-electron chi connectivity index (χ0n) is 10.5. The number of aliphatic carboxylic acids is 1. The highest BCUT2D eigenvalue weighted by Crippen LogP contribution is 2.03. The van der Waals surface area contributed by atoms with Crippen LogP contribution in [0.1, 0.15) is 11.4 Å². The molecular formula is C11H13N5O3. The van der Waals surface area contributed by atoms with Crippen molar-refractivity contribution in [1.82, 2.24) is 20.1 Å². The number of carboxylic acids is 1. The van der Waals surface area contributed by atoms with Crippen LogP contribution in [-0.4, -0.2) is 50.3 Å². The summed E-state index contributed by atoms with van der Waals surface area (Å²) in [5, 5.41) is 18.5. The van der Waals surface area contributed by atoms with Crippen LogP contribution in [0.25, 0.3) is 0 Å². The van der Waals surface area contributed by atoms with Crippen LogP contribution in [0.3, 0.4) is 0 Å². The molecule has 0 bridgehead atoms. The Morgan fingerprint density at radius 2 is 2.05 bits per heavy atom. The Morgan fingerprint density at radius 1 is 1.37 bits per heavy atom. The van der Waals surface area contributed by atoms with Crippen LogP contribution in [0.5, 0.6) is 0 Å². The average Bonchev–Trinajstić information content (AvgIpc) is 2.33. The van der Waals surface area contributed by atoms with Gasteiger partial charge < -0.3 is 10.0 Å². The maximum atomic E-state index is 11.8. The third-order valence-electron chi connectivity index (χ3n) is 2.21. The number of amides is 2. The van der Waals surface area contributed by atoms with E-state index in [1.54, 1.807) is 13.8 Å². The quantitative estimate of drug-likeness (QED) is 0.742. The topological polar surface area (TPSA) is 108 Å². The zero-order valence-corrected chi connectivity index (χ0v) is 10.5. The van der Waals surface area contributed by atoms with E-state index in [1.807, 2.05) is 0 Å². The molecular weight excluding hydrogens is 250 g/mol. The van der Waals surface area contributed by atoms with Gasteiger partial charge in [-0.2, -0.15) is 5.10 Å². The summed E-state index contributed by atoms with van der Waals surface area (Å²) in [6, 6.07) is -0.689. The van der Waals surface area contributed by atoms with E-state index in [0.29, 0.717) is 11.4 Å². The summed E-state index contributed by atoms with van der Waals surface area (Å²) in [5.74, 6) is 1.04. The van der Waals surface area contributed by atoms with Gasteiger partial charge in [0.05, 0.1) is 17.9 Å². The van der Waals surface area contributed by atoms with Crippen LogP contribution in [0.4, 0.5) is 10.7 Å². The minimum atomic E-state index is -1.16. The Kier molecular flexibility index (Phi) is 4.76. The second-order valence-corrected chi connectivity index (χ2v) is 3.69. The van der Waals surface area contributed by atoms with E-state index in [4.69, 9.17) is 11.5 Å². The van der Waals surface area contributed by atoms with E-state index in [9.17, 15) is 9.59 Å². The number of anilines is 1. The highest BCUT2D eigenvalue weighted by Gasteiger charge is 2.17. The van der Waals surface area contributed by atoms with Crippen molar-refractivity contribution in [2.24, 2.45) is 0 Å². The van der Waals surface area contributed by atoms with Crippen molar-refractivity contribution < 1.29 is 14.7 Å². The fraction of sp³-hybridized carbons (Fsp3) is 0.364. The van der Waals surface area contributed by atoms with E-state index < -0.39 is 18.5 Å². The first-order chi connectivity index (χ1) is 8.93. The SMILES string of the molecule is C#CCN(CC(=O)O)C(=O)Nc1nnc(C)c(C)n1. The lowest BCUT2D eigenvalue weighted by Crippen LogP contribution is -2.39. The standard InChI is InChI=1S/C11H13N5O3/c1-4-5-16(6-9(17)18)11(19)13-10-12-7(2)8(3)14-15-10/h1H,5-6H2,2-3H3,(H,17,18)(H,12,13,15,19). The normalized spacial score (nSPS) is 9.53. The van der Waals surface area contributed by atoms with Crippen LogP contribution in [-0.2, 0) is 4.79 Å². The fourth-order valence-electron chi connectivity index (χ4n) is 1.16. The number of aryl methyl sites for hydroxylation is 2. The highest BCUT2D eigenvalue weighted by atomic mass is 16.4. The molecule has 0 aliphatic rings. The summed E-state index contributed by atoms with van der Waals surface area (Å²) < 4.78 is 0.